The molecule has 27 heavy (non-hydrogen) atoms. The van der Waals surface area contributed by atoms with Gasteiger partial charge in [-0.1, -0.05) is 30.3 Å². The molecule has 6 nitrogen and oxygen atoms in total. The minimum absolute atomic E-state index is 0.115. The summed E-state index contributed by atoms with van der Waals surface area (Å²) in [6.45, 7) is 4.25. The van der Waals surface area contributed by atoms with Crippen molar-refractivity contribution in [1.29, 1.82) is 0 Å². The fourth-order valence-corrected chi connectivity index (χ4v) is 5.28. The summed E-state index contributed by atoms with van der Waals surface area (Å²) < 4.78 is 4.84. The Bertz CT molecular complexity index is 888. The molecule has 0 bridgehead atoms. The number of para-hydroxylation sites is 1. The predicted molar refractivity (Wildman–Crippen MR) is 104 cm³/mol. The summed E-state index contributed by atoms with van der Waals surface area (Å²) in [5.74, 6) is -0.546. The summed E-state index contributed by atoms with van der Waals surface area (Å²) in [6, 6.07) is 8.65. The van der Waals surface area contributed by atoms with E-state index in [1.54, 1.807) is 0 Å². The number of carbonyl (C=O) groups excluding carboxylic acids is 1. The van der Waals surface area contributed by atoms with Crippen LogP contribution >= 0.6 is 0 Å². The molecule has 2 N–H and O–H groups in total. The lowest BCUT2D eigenvalue weighted by Gasteiger charge is -2.52. The summed E-state index contributed by atoms with van der Waals surface area (Å²) >= 11 is 0. The summed E-state index contributed by atoms with van der Waals surface area (Å²) in [6.07, 6.45) is 4.44. The van der Waals surface area contributed by atoms with E-state index >= 15 is 0 Å². The van der Waals surface area contributed by atoms with E-state index in [0.29, 0.717) is 6.42 Å². The monoisotopic (exact) mass is 369 g/mol. The summed E-state index contributed by atoms with van der Waals surface area (Å²) in [4.78, 5) is 18.3. The number of aromatic amines is 1. The van der Waals surface area contributed by atoms with Crippen molar-refractivity contribution >= 4 is 22.6 Å². The molecule has 6 heteroatoms. The van der Waals surface area contributed by atoms with Crippen LogP contribution in [0.25, 0.3) is 10.9 Å². The highest BCUT2D eigenvalue weighted by Gasteiger charge is 2.48. The predicted octanol–water partition coefficient (Wildman–Crippen LogP) is 3.65. The molecule has 1 saturated heterocycles. The molecule has 3 heterocycles. The Hall–Kier alpha value is -2.34. The molecule has 0 saturated carbocycles. The maximum atomic E-state index is 12.1. The van der Waals surface area contributed by atoms with Gasteiger partial charge in [-0.2, -0.15) is 0 Å². The third-order valence-electron chi connectivity index (χ3n) is 6.60. The molecule has 0 radical (unpaired) electrons. The number of H-pyrrole nitrogens is 1. The van der Waals surface area contributed by atoms with Gasteiger partial charge in [0, 0.05) is 29.6 Å². The van der Waals surface area contributed by atoms with Gasteiger partial charge in [-0.05, 0) is 49.3 Å². The third-order valence-corrected chi connectivity index (χ3v) is 6.60. The number of methoxy groups -OCH3 is 1. The van der Waals surface area contributed by atoms with Crippen LogP contribution in [0.15, 0.2) is 29.4 Å². The Morgan fingerprint density at radius 3 is 2.96 bits per heavy atom. The molecule has 2 aliphatic heterocycles. The van der Waals surface area contributed by atoms with E-state index in [4.69, 9.17) is 4.74 Å². The van der Waals surface area contributed by atoms with Gasteiger partial charge in [-0.15, -0.1) is 0 Å². The van der Waals surface area contributed by atoms with Gasteiger partial charge in [-0.3, -0.25) is 4.90 Å². The quantitative estimate of drug-likeness (QED) is 0.373. The number of benzene rings is 1. The van der Waals surface area contributed by atoms with Gasteiger partial charge in [0.15, 0.2) is 5.71 Å². The zero-order valence-electron chi connectivity index (χ0n) is 16.0. The molecule has 0 unspecified atom stereocenters. The van der Waals surface area contributed by atoms with Crippen LogP contribution in [-0.4, -0.2) is 47.0 Å². The number of carbonyl (C=O) groups is 1. The van der Waals surface area contributed by atoms with Gasteiger partial charge in [0.05, 0.1) is 13.2 Å². The first-order valence-corrected chi connectivity index (χ1v) is 9.76. The largest absolute Gasteiger partial charge is 0.464 e. The van der Waals surface area contributed by atoms with E-state index in [2.05, 4.69) is 46.2 Å². The van der Waals surface area contributed by atoms with Crippen LogP contribution in [0, 0.1) is 5.41 Å². The SMILES string of the molecule is CC[C@]1(CC(=NO)C(=O)OC)CCCN2CCc3c([nH]c4ccccc34)[C@@H]21. The van der Waals surface area contributed by atoms with Gasteiger partial charge in [0.25, 0.3) is 0 Å². The summed E-state index contributed by atoms with van der Waals surface area (Å²) in [5, 5.41) is 14.0. The summed E-state index contributed by atoms with van der Waals surface area (Å²) in [7, 11) is 1.33. The Morgan fingerprint density at radius 1 is 1.41 bits per heavy atom. The number of piperidine rings is 1. The zero-order valence-corrected chi connectivity index (χ0v) is 16.0. The minimum atomic E-state index is -0.546. The molecular formula is C21H27N3O3. The lowest BCUT2D eigenvalue weighted by atomic mass is 9.65. The average Bonchev–Trinajstić information content (AvgIpc) is 3.10. The number of hydrogen-bond donors (Lipinski definition) is 2. The second-order valence-corrected chi connectivity index (χ2v) is 7.79. The van der Waals surface area contributed by atoms with E-state index < -0.39 is 5.97 Å². The van der Waals surface area contributed by atoms with Crippen molar-refractivity contribution in [3.05, 3.63) is 35.5 Å². The number of hydrogen-bond acceptors (Lipinski definition) is 5. The van der Waals surface area contributed by atoms with E-state index in [9.17, 15) is 10.0 Å². The number of aromatic nitrogens is 1. The Kier molecular flexibility index (Phi) is 4.68. The fraction of sp³-hybridized carbons (Fsp3) is 0.524. The van der Waals surface area contributed by atoms with E-state index in [0.717, 1.165) is 38.8 Å². The average molecular weight is 369 g/mol. The van der Waals surface area contributed by atoms with E-state index in [1.807, 2.05) is 0 Å². The molecule has 0 aliphatic carbocycles. The topological polar surface area (TPSA) is 77.9 Å². The van der Waals surface area contributed by atoms with Gasteiger partial charge < -0.3 is 14.9 Å². The lowest BCUT2D eigenvalue weighted by Crippen LogP contribution is -2.50. The first-order chi connectivity index (χ1) is 13.1. The Morgan fingerprint density at radius 2 is 2.22 bits per heavy atom. The van der Waals surface area contributed by atoms with Crippen molar-refractivity contribution in [2.45, 2.75) is 45.1 Å². The normalized spacial score (nSPS) is 25.9. The molecule has 144 valence electrons. The number of nitrogens with zero attached hydrogens (tertiary/aromatic N) is 2. The van der Waals surface area contributed by atoms with Crippen molar-refractivity contribution in [3.63, 3.8) is 0 Å². The maximum absolute atomic E-state index is 12.1. The number of oxime groups is 1. The molecule has 0 amide bonds. The molecule has 1 aromatic heterocycles. The molecule has 2 aliphatic rings. The van der Waals surface area contributed by atoms with Gasteiger partial charge >= 0.3 is 5.97 Å². The molecule has 1 aromatic carbocycles. The first-order valence-electron chi connectivity index (χ1n) is 9.76. The highest BCUT2D eigenvalue weighted by Crippen LogP contribution is 2.53. The minimum Gasteiger partial charge on any atom is -0.464 e. The molecular weight excluding hydrogens is 342 g/mol. The smallest absolute Gasteiger partial charge is 0.355 e. The highest BCUT2D eigenvalue weighted by molar-refractivity contribution is 6.36. The van der Waals surface area contributed by atoms with Crippen molar-refractivity contribution in [1.82, 2.24) is 9.88 Å². The lowest BCUT2D eigenvalue weighted by molar-refractivity contribution is -0.133. The summed E-state index contributed by atoms with van der Waals surface area (Å²) in [5.41, 5.74) is 3.79. The van der Waals surface area contributed by atoms with Crippen LogP contribution < -0.4 is 0 Å². The third kappa shape index (κ3) is 2.83. The fourth-order valence-electron chi connectivity index (χ4n) is 5.28. The van der Waals surface area contributed by atoms with Crippen molar-refractivity contribution in [2.75, 3.05) is 20.2 Å². The van der Waals surface area contributed by atoms with Crippen LogP contribution in [0.2, 0.25) is 0 Å². The second kappa shape index (κ2) is 7.00. The van der Waals surface area contributed by atoms with E-state index in [-0.39, 0.29) is 17.2 Å². The number of esters is 1. The van der Waals surface area contributed by atoms with Crippen LogP contribution in [0.5, 0.6) is 0 Å². The standard InChI is InChI=1S/C21H27N3O3/c1-3-21(13-17(23-26)20(25)27-2)10-6-11-24-12-9-15-14-7-4-5-8-16(14)22-18(15)19(21)24/h4-5,7-8,19,22,26H,3,6,9-13H2,1-2H3/t19-,21-/m1/s1. The van der Waals surface area contributed by atoms with Crippen LogP contribution in [0.4, 0.5) is 0 Å². The number of rotatable bonds is 4. The maximum Gasteiger partial charge on any atom is 0.355 e. The van der Waals surface area contributed by atoms with Gasteiger partial charge in [-0.25, -0.2) is 4.79 Å². The number of ether oxygens (including phenoxy) is 1. The zero-order chi connectivity index (χ0) is 19.0. The molecule has 0 spiro atoms. The first kappa shape index (κ1) is 18.0. The van der Waals surface area contributed by atoms with Gasteiger partial charge in [0.1, 0.15) is 0 Å². The van der Waals surface area contributed by atoms with Crippen LogP contribution in [0.1, 0.15) is 49.9 Å². The number of fused-ring (bicyclic) bond motifs is 5. The van der Waals surface area contributed by atoms with Crippen LogP contribution in [0.3, 0.4) is 0 Å². The van der Waals surface area contributed by atoms with Crippen molar-refractivity contribution < 1.29 is 14.7 Å². The molecule has 2 aromatic rings. The van der Waals surface area contributed by atoms with Crippen LogP contribution in [-0.2, 0) is 16.0 Å². The van der Waals surface area contributed by atoms with Crippen molar-refractivity contribution in [3.8, 4) is 0 Å². The molecule has 1 fully saturated rings. The molecule has 2 atom stereocenters. The highest BCUT2D eigenvalue weighted by atomic mass is 16.5. The second-order valence-electron chi connectivity index (χ2n) is 7.79. The van der Waals surface area contributed by atoms with Gasteiger partial charge in [0.2, 0.25) is 0 Å². The number of nitrogens with one attached hydrogen (secondary N) is 1. The Labute approximate surface area is 159 Å². The Balaban J connectivity index is 1.81. The molecule has 4 rings (SSSR count). The van der Waals surface area contributed by atoms with E-state index in [1.165, 1.54) is 29.3 Å². The van der Waals surface area contributed by atoms with Crippen molar-refractivity contribution in [2.24, 2.45) is 10.6 Å².